The molecule has 0 bridgehead atoms. The van der Waals surface area contributed by atoms with Crippen molar-refractivity contribution >= 4 is 34.7 Å². The predicted molar refractivity (Wildman–Crippen MR) is 76.2 cm³/mol. The maximum absolute atomic E-state index is 5.53. The highest BCUT2D eigenvalue weighted by atomic mass is 32.2. The summed E-state index contributed by atoms with van der Waals surface area (Å²) in [4.78, 5) is 4.43. The lowest BCUT2D eigenvalue weighted by molar-refractivity contribution is 0.912. The molecule has 0 radical (unpaired) electrons. The minimum Gasteiger partial charge on any atom is -0.388 e. The van der Waals surface area contributed by atoms with E-state index in [-0.39, 0.29) is 0 Å². The van der Waals surface area contributed by atoms with E-state index >= 15 is 0 Å². The molecule has 0 fully saturated rings. The van der Waals surface area contributed by atoms with E-state index in [1.54, 1.807) is 6.20 Å². The number of rotatable bonds is 6. The van der Waals surface area contributed by atoms with Gasteiger partial charge in [-0.15, -0.1) is 0 Å². The molecule has 88 valence electrons. The molecule has 3 nitrogen and oxygen atoms in total. The number of pyridine rings is 1. The first-order valence-electron chi connectivity index (χ1n) is 5.23. The maximum Gasteiger partial charge on any atom is 0.122 e. The first kappa shape index (κ1) is 13.3. The van der Waals surface area contributed by atoms with E-state index in [0.29, 0.717) is 16.7 Å². The first-order chi connectivity index (χ1) is 7.63. The van der Waals surface area contributed by atoms with Crippen LogP contribution in [0.1, 0.15) is 19.5 Å². The van der Waals surface area contributed by atoms with Crippen LogP contribution in [0.3, 0.4) is 0 Å². The molecule has 0 saturated carbocycles. The molecule has 1 unspecified atom stereocenters. The second-order valence-electron chi connectivity index (χ2n) is 3.50. The van der Waals surface area contributed by atoms with Crippen molar-refractivity contribution in [3.05, 3.63) is 24.0 Å². The van der Waals surface area contributed by atoms with Crippen LogP contribution in [-0.4, -0.2) is 27.5 Å². The van der Waals surface area contributed by atoms with E-state index in [9.17, 15) is 0 Å². The number of nitrogens with two attached hydrogens (primary N) is 1. The van der Waals surface area contributed by atoms with Crippen LogP contribution in [0.5, 0.6) is 0 Å². The molecule has 1 heterocycles. The maximum atomic E-state index is 5.53. The molecule has 5 heteroatoms. The van der Waals surface area contributed by atoms with E-state index in [2.05, 4.69) is 24.1 Å². The van der Waals surface area contributed by atoms with Crippen molar-refractivity contribution in [2.75, 3.05) is 16.8 Å². The third kappa shape index (κ3) is 4.37. The van der Waals surface area contributed by atoms with Crippen LogP contribution < -0.4 is 11.1 Å². The third-order valence-corrected chi connectivity index (χ3v) is 3.35. The largest absolute Gasteiger partial charge is 0.388 e. The number of nitrogens with one attached hydrogen (secondary N) is 1. The fraction of sp³-hybridized carbons (Fsp3) is 0.455. The van der Waals surface area contributed by atoms with E-state index in [1.807, 2.05) is 23.9 Å². The smallest absolute Gasteiger partial charge is 0.122 e. The SMILES string of the molecule is CCSCC(C)Nc1ccnc(C(N)=S)c1. The Morgan fingerprint density at radius 3 is 3.06 bits per heavy atom. The molecular formula is C11H17N3S2. The van der Waals surface area contributed by atoms with Crippen molar-refractivity contribution in [1.29, 1.82) is 0 Å². The number of anilines is 1. The average Bonchev–Trinajstić information content (AvgIpc) is 2.26. The van der Waals surface area contributed by atoms with Gasteiger partial charge in [0.1, 0.15) is 4.99 Å². The standard InChI is InChI=1S/C11H17N3S2/c1-3-16-7-8(2)14-9-4-5-13-10(6-9)11(12)15/h4-6,8H,3,7H2,1-2H3,(H2,12,15)(H,13,14). The van der Waals surface area contributed by atoms with Gasteiger partial charge < -0.3 is 11.1 Å². The van der Waals surface area contributed by atoms with Gasteiger partial charge in [-0.3, -0.25) is 4.98 Å². The van der Waals surface area contributed by atoms with Gasteiger partial charge >= 0.3 is 0 Å². The molecule has 0 spiro atoms. The Labute approximate surface area is 106 Å². The molecule has 3 N–H and O–H groups in total. The minimum atomic E-state index is 0.333. The van der Waals surface area contributed by atoms with Gasteiger partial charge in [-0.25, -0.2) is 0 Å². The summed E-state index contributed by atoms with van der Waals surface area (Å²) < 4.78 is 0. The Kier molecular flexibility index (Phi) is 5.55. The zero-order chi connectivity index (χ0) is 12.0. The van der Waals surface area contributed by atoms with Crippen LogP contribution in [0.15, 0.2) is 18.3 Å². The molecule has 0 aliphatic heterocycles. The van der Waals surface area contributed by atoms with Gasteiger partial charge in [0.2, 0.25) is 0 Å². The summed E-state index contributed by atoms with van der Waals surface area (Å²) in [7, 11) is 0. The Morgan fingerprint density at radius 1 is 1.69 bits per heavy atom. The summed E-state index contributed by atoms with van der Waals surface area (Å²) in [6, 6.07) is 4.23. The van der Waals surface area contributed by atoms with Crippen LogP contribution in [-0.2, 0) is 0 Å². The summed E-state index contributed by atoms with van der Waals surface area (Å²) in [5.41, 5.74) is 7.21. The summed E-state index contributed by atoms with van der Waals surface area (Å²) in [5, 5.41) is 3.40. The van der Waals surface area contributed by atoms with Gasteiger partial charge in [-0.1, -0.05) is 19.1 Å². The van der Waals surface area contributed by atoms with Gasteiger partial charge in [0.25, 0.3) is 0 Å². The van der Waals surface area contributed by atoms with Crippen molar-refractivity contribution in [3.63, 3.8) is 0 Å². The van der Waals surface area contributed by atoms with Crippen molar-refractivity contribution in [2.45, 2.75) is 19.9 Å². The summed E-state index contributed by atoms with van der Waals surface area (Å²) >= 11 is 6.81. The fourth-order valence-corrected chi connectivity index (χ4v) is 2.06. The number of aromatic nitrogens is 1. The van der Waals surface area contributed by atoms with Crippen LogP contribution in [0.25, 0.3) is 0 Å². The highest BCUT2D eigenvalue weighted by molar-refractivity contribution is 7.99. The Balaban J connectivity index is 2.59. The second kappa shape index (κ2) is 6.70. The molecular weight excluding hydrogens is 238 g/mol. The van der Waals surface area contributed by atoms with E-state index in [0.717, 1.165) is 17.2 Å². The van der Waals surface area contributed by atoms with Gasteiger partial charge in [-0.2, -0.15) is 11.8 Å². The molecule has 1 rings (SSSR count). The Hall–Kier alpha value is -0.810. The second-order valence-corrected chi connectivity index (χ2v) is 5.26. The van der Waals surface area contributed by atoms with Crippen molar-refractivity contribution < 1.29 is 0 Å². The molecule has 0 aromatic carbocycles. The fourth-order valence-electron chi connectivity index (χ4n) is 1.28. The summed E-state index contributed by atoms with van der Waals surface area (Å²) in [6.45, 7) is 4.32. The molecule has 0 aliphatic carbocycles. The summed E-state index contributed by atoms with van der Waals surface area (Å²) in [6.07, 6.45) is 1.72. The molecule has 1 aromatic heterocycles. The normalized spacial score (nSPS) is 12.1. The Bertz CT molecular complexity index is 355. The van der Waals surface area contributed by atoms with Gasteiger partial charge in [0.05, 0.1) is 5.69 Å². The highest BCUT2D eigenvalue weighted by Gasteiger charge is 2.03. The lowest BCUT2D eigenvalue weighted by Crippen LogP contribution is -2.19. The lowest BCUT2D eigenvalue weighted by atomic mass is 10.3. The molecule has 1 aromatic rings. The number of thiocarbonyl (C=S) groups is 1. The van der Waals surface area contributed by atoms with Gasteiger partial charge in [-0.05, 0) is 24.8 Å². The number of hydrogen-bond donors (Lipinski definition) is 2. The predicted octanol–water partition coefficient (Wildman–Crippen LogP) is 2.27. The summed E-state index contributed by atoms with van der Waals surface area (Å²) in [5.74, 6) is 2.22. The van der Waals surface area contributed by atoms with Gasteiger partial charge in [0, 0.05) is 23.7 Å². The van der Waals surface area contributed by atoms with Crippen molar-refractivity contribution in [3.8, 4) is 0 Å². The zero-order valence-corrected chi connectivity index (χ0v) is 11.2. The highest BCUT2D eigenvalue weighted by Crippen LogP contribution is 2.11. The first-order valence-corrected chi connectivity index (χ1v) is 6.80. The van der Waals surface area contributed by atoms with Crippen molar-refractivity contribution in [1.82, 2.24) is 4.98 Å². The molecule has 0 amide bonds. The monoisotopic (exact) mass is 255 g/mol. The lowest BCUT2D eigenvalue weighted by Gasteiger charge is -2.14. The molecule has 16 heavy (non-hydrogen) atoms. The molecule has 0 aliphatic rings. The topological polar surface area (TPSA) is 50.9 Å². The molecule has 1 atom stereocenters. The van der Waals surface area contributed by atoms with Crippen LogP contribution >= 0.6 is 24.0 Å². The van der Waals surface area contributed by atoms with Crippen LogP contribution in [0.2, 0.25) is 0 Å². The molecule has 0 saturated heterocycles. The average molecular weight is 255 g/mol. The van der Waals surface area contributed by atoms with Gasteiger partial charge in [0.15, 0.2) is 0 Å². The quantitative estimate of drug-likeness (QED) is 0.764. The number of hydrogen-bond acceptors (Lipinski definition) is 4. The Morgan fingerprint density at radius 2 is 2.44 bits per heavy atom. The van der Waals surface area contributed by atoms with E-state index in [4.69, 9.17) is 18.0 Å². The van der Waals surface area contributed by atoms with Crippen molar-refractivity contribution in [2.24, 2.45) is 5.73 Å². The van der Waals surface area contributed by atoms with E-state index < -0.39 is 0 Å². The number of nitrogens with zero attached hydrogens (tertiary/aromatic N) is 1. The third-order valence-electron chi connectivity index (χ3n) is 2.00. The van der Waals surface area contributed by atoms with E-state index in [1.165, 1.54) is 0 Å². The van der Waals surface area contributed by atoms with Crippen LogP contribution in [0, 0.1) is 0 Å². The van der Waals surface area contributed by atoms with Crippen LogP contribution in [0.4, 0.5) is 5.69 Å². The minimum absolute atomic E-state index is 0.333. The number of thioether (sulfide) groups is 1. The zero-order valence-electron chi connectivity index (χ0n) is 9.56.